The molecule has 0 aromatic heterocycles. The van der Waals surface area contributed by atoms with Gasteiger partial charge in [0.2, 0.25) is 0 Å². The zero-order valence-electron chi connectivity index (χ0n) is 6.23. The van der Waals surface area contributed by atoms with E-state index >= 15 is 0 Å². The normalized spacial score (nSPS) is 13.4. The lowest BCUT2D eigenvalue weighted by atomic mass is 10.4. The molecule has 2 nitrogen and oxygen atoms in total. The Hall–Kier alpha value is 0.480. The highest BCUT2D eigenvalue weighted by atomic mass is 35.5. The van der Waals surface area contributed by atoms with Gasteiger partial charge in [0.05, 0.1) is 6.61 Å². The number of hydrogen-bond donors (Lipinski definition) is 0. The monoisotopic (exact) mass is 184 g/mol. The lowest BCUT2D eigenvalue weighted by Gasteiger charge is -1.99. The van der Waals surface area contributed by atoms with Crippen molar-refractivity contribution in [3.63, 3.8) is 0 Å². The van der Waals surface area contributed by atoms with Crippen molar-refractivity contribution in [2.75, 3.05) is 18.6 Å². The summed E-state index contributed by atoms with van der Waals surface area (Å²) in [5.41, 5.74) is 0. The molecule has 4 heteroatoms. The molecule has 0 spiro atoms. The number of halogens is 1. The number of unbranched alkanes of at least 4 members (excludes halogenated alkanes) is 1. The van der Waals surface area contributed by atoms with E-state index in [1.165, 1.54) is 0 Å². The van der Waals surface area contributed by atoms with Gasteiger partial charge < -0.3 is 4.52 Å². The molecule has 0 saturated carbocycles. The van der Waals surface area contributed by atoms with Gasteiger partial charge in [-0.05, 0) is 12.8 Å². The van der Waals surface area contributed by atoms with Gasteiger partial charge in [0, 0.05) is 12.0 Å². The highest BCUT2D eigenvalue weighted by molar-refractivity contribution is 7.39. The molecule has 0 saturated heterocycles. The summed E-state index contributed by atoms with van der Waals surface area (Å²) in [6.45, 7) is 2.46. The first kappa shape index (κ1) is 10.5. The molecule has 0 aromatic carbocycles. The van der Waals surface area contributed by atoms with Crippen LogP contribution >= 0.6 is 19.6 Å². The Bertz CT molecular complexity index is 97.7. The summed E-state index contributed by atoms with van der Waals surface area (Å²) in [6, 6.07) is 0. The number of alkyl halides is 1. The number of hydrogen-bond acceptors (Lipinski definition) is 2. The summed E-state index contributed by atoms with van der Waals surface area (Å²) in [6.07, 6.45) is 2.51. The van der Waals surface area contributed by atoms with Crippen molar-refractivity contribution in [3.8, 4) is 0 Å². The molecule has 0 fully saturated rings. The van der Waals surface area contributed by atoms with Gasteiger partial charge >= 0.3 is 0 Å². The smallest absolute Gasteiger partial charge is 0.191 e. The Morgan fingerprint density at radius 3 is 2.70 bits per heavy atom. The molecular weight excluding hydrogens is 170 g/mol. The van der Waals surface area contributed by atoms with Crippen LogP contribution in [-0.2, 0) is 9.09 Å². The van der Waals surface area contributed by atoms with Crippen LogP contribution in [0.1, 0.15) is 19.8 Å². The maximum Gasteiger partial charge on any atom is 0.191 e. The molecule has 0 N–H and O–H groups in total. The lowest BCUT2D eigenvalue weighted by Crippen LogP contribution is -1.87. The minimum atomic E-state index is -1.70. The van der Waals surface area contributed by atoms with Crippen molar-refractivity contribution in [3.05, 3.63) is 0 Å². The zero-order chi connectivity index (χ0) is 7.82. The molecule has 0 rings (SSSR count). The summed E-state index contributed by atoms with van der Waals surface area (Å²) in [5, 5.41) is 0. The Labute approximate surface area is 67.8 Å². The fourth-order valence-electron chi connectivity index (χ4n) is 0.485. The third kappa shape index (κ3) is 6.60. The van der Waals surface area contributed by atoms with Crippen LogP contribution in [0, 0.1) is 0 Å². The van der Waals surface area contributed by atoms with Crippen molar-refractivity contribution in [1.29, 1.82) is 0 Å². The van der Waals surface area contributed by atoms with E-state index in [1.807, 2.05) is 6.92 Å². The Kier molecular flexibility index (Phi) is 7.95. The Morgan fingerprint density at radius 1 is 1.50 bits per heavy atom. The van der Waals surface area contributed by atoms with Gasteiger partial charge in [0.15, 0.2) is 8.03 Å². The van der Waals surface area contributed by atoms with E-state index in [9.17, 15) is 4.57 Å². The lowest BCUT2D eigenvalue weighted by molar-refractivity contribution is 0.322. The minimum absolute atomic E-state index is 0.596. The van der Waals surface area contributed by atoms with Crippen LogP contribution in [0.4, 0.5) is 0 Å². The quantitative estimate of drug-likeness (QED) is 0.360. The minimum Gasteiger partial charge on any atom is -0.330 e. The first-order valence-electron chi connectivity index (χ1n) is 3.52. The van der Waals surface area contributed by atoms with Gasteiger partial charge in [-0.3, -0.25) is 4.57 Å². The Morgan fingerprint density at radius 2 is 2.20 bits per heavy atom. The van der Waals surface area contributed by atoms with Crippen LogP contribution in [0.2, 0.25) is 0 Å². The molecule has 0 aromatic rings. The summed E-state index contributed by atoms with van der Waals surface area (Å²) in [4.78, 5) is 0. The average molecular weight is 185 g/mol. The van der Waals surface area contributed by atoms with Gasteiger partial charge in [-0.2, -0.15) is 0 Å². The molecule has 0 heterocycles. The fourth-order valence-corrected chi connectivity index (χ4v) is 1.25. The van der Waals surface area contributed by atoms with E-state index in [-0.39, 0.29) is 0 Å². The van der Waals surface area contributed by atoms with Crippen LogP contribution in [-0.4, -0.2) is 18.6 Å². The van der Waals surface area contributed by atoms with Crippen LogP contribution in [0.5, 0.6) is 0 Å². The van der Waals surface area contributed by atoms with Gasteiger partial charge in [0.1, 0.15) is 0 Å². The standard InChI is InChI=1S/C6H14ClO2P/c1-2-10(8)9-6-4-3-5-7/h10H,2-6H2,1H3. The molecule has 0 amide bonds. The summed E-state index contributed by atoms with van der Waals surface area (Å²) in [5.74, 6) is 0.663. The molecule has 0 radical (unpaired) electrons. The molecule has 0 aliphatic heterocycles. The topological polar surface area (TPSA) is 26.3 Å². The predicted molar refractivity (Wildman–Crippen MR) is 45.4 cm³/mol. The third-order valence-electron chi connectivity index (χ3n) is 1.08. The van der Waals surface area contributed by atoms with Crippen molar-refractivity contribution in [2.24, 2.45) is 0 Å². The van der Waals surface area contributed by atoms with Crippen molar-refractivity contribution in [1.82, 2.24) is 0 Å². The highest BCUT2D eigenvalue weighted by Crippen LogP contribution is 2.20. The maximum atomic E-state index is 10.7. The summed E-state index contributed by atoms with van der Waals surface area (Å²) < 4.78 is 15.7. The molecule has 1 atom stereocenters. The van der Waals surface area contributed by atoms with E-state index in [0.717, 1.165) is 12.8 Å². The number of rotatable bonds is 6. The Balaban J connectivity index is 2.96. The zero-order valence-corrected chi connectivity index (χ0v) is 7.99. The van der Waals surface area contributed by atoms with Gasteiger partial charge in [-0.25, -0.2) is 0 Å². The molecular formula is C6H14ClO2P. The average Bonchev–Trinajstić information content (AvgIpc) is 1.98. The van der Waals surface area contributed by atoms with E-state index in [4.69, 9.17) is 16.1 Å². The van der Waals surface area contributed by atoms with Crippen LogP contribution in [0.3, 0.4) is 0 Å². The van der Waals surface area contributed by atoms with Crippen LogP contribution in [0.25, 0.3) is 0 Å². The molecule has 0 bridgehead atoms. The second kappa shape index (κ2) is 7.59. The van der Waals surface area contributed by atoms with E-state index < -0.39 is 8.03 Å². The van der Waals surface area contributed by atoms with Gasteiger partial charge in [0.25, 0.3) is 0 Å². The van der Waals surface area contributed by atoms with Crippen LogP contribution in [0.15, 0.2) is 0 Å². The highest BCUT2D eigenvalue weighted by Gasteiger charge is 1.93. The van der Waals surface area contributed by atoms with Crippen molar-refractivity contribution < 1.29 is 9.09 Å². The molecule has 0 aliphatic rings. The van der Waals surface area contributed by atoms with E-state index in [1.54, 1.807) is 0 Å². The van der Waals surface area contributed by atoms with E-state index in [0.29, 0.717) is 18.6 Å². The van der Waals surface area contributed by atoms with E-state index in [2.05, 4.69) is 0 Å². The maximum absolute atomic E-state index is 10.7. The largest absolute Gasteiger partial charge is 0.330 e. The summed E-state index contributed by atoms with van der Waals surface area (Å²) >= 11 is 5.43. The molecule has 1 unspecified atom stereocenters. The molecule has 62 valence electrons. The second-order valence-corrected chi connectivity index (χ2v) is 4.09. The second-order valence-electron chi connectivity index (χ2n) is 1.97. The molecule has 0 aliphatic carbocycles. The predicted octanol–water partition coefficient (Wildman–Crippen LogP) is 2.52. The third-order valence-corrected chi connectivity index (χ3v) is 2.45. The van der Waals surface area contributed by atoms with Crippen LogP contribution < -0.4 is 0 Å². The SMILES string of the molecule is CC[PH](=O)OCCCCCl. The van der Waals surface area contributed by atoms with Gasteiger partial charge in [-0.1, -0.05) is 6.92 Å². The van der Waals surface area contributed by atoms with Crippen molar-refractivity contribution >= 4 is 19.6 Å². The van der Waals surface area contributed by atoms with Gasteiger partial charge in [-0.15, -0.1) is 11.6 Å². The molecule has 10 heavy (non-hydrogen) atoms. The first-order chi connectivity index (χ1) is 4.81. The van der Waals surface area contributed by atoms with Crippen molar-refractivity contribution in [2.45, 2.75) is 19.8 Å². The first-order valence-corrected chi connectivity index (χ1v) is 5.58. The fraction of sp³-hybridized carbons (Fsp3) is 1.00. The summed E-state index contributed by atoms with van der Waals surface area (Å²) in [7, 11) is -1.70.